The Balaban J connectivity index is 1.35. The number of anilines is 1. The number of rotatable bonds is 8. The zero-order valence-corrected chi connectivity index (χ0v) is 17.5. The van der Waals surface area contributed by atoms with E-state index in [1.165, 1.54) is 0 Å². The molecule has 156 valence electrons. The number of benzene rings is 4. The van der Waals surface area contributed by atoms with Gasteiger partial charge in [-0.05, 0) is 59.2 Å². The molecule has 31 heavy (non-hydrogen) atoms. The minimum absolute atomic E-state index is 0.173. The van der Waals surface area contributed by atoms with Crippen molar-refractivity contribution in [1.82, 2.24) is 0 Å². The number of ether oxygens (including phenoxy) is 2. The molecule has 4 rings (SSSR count). The molecule has 0 spiro atoms. The summed E-state index contributed by atoms with van der Waals surface area (Å²) in [6.07, 6.45) is -0.00752. The third-order valence-corrected chi connectivity index (χ3v) is 5.03. The predicted octanol–water partition coefficient (Wildman–Crippen LogP) is 6.21. The Labute approximate surface area is 182 Å². The van der Waals surface area contributed by atoms with E-state index in [0.29, 0.717) is 24.5 Å². The molecule has 0 aromatic heterocycles. The maximum Gasteiger partial charge on any atom is 0.265 e. The summed E-state index contributed by atoms with van der Waals surface area (Å²) >= 11 is 0. The first-order valence-electron chi connectivity index (χ1n) is 10.4. The molecule has 1 amide bonds. The second-order valence-corrected chi connectivity index (χ2v) is 7.31. The van der Waals surface area contributed by atoms with E-state index in [2.05, 4.69) is 11.4 Å². The molecule has 1 unspecified atom stereocenters. The molecule has 4 nitrogen and oxygen atoms in total. The fourth-order valence-corrected chi connectivity index (χ4v) is 3.33. The average molecular weight is 412 g/mol. The van der Waals surface area contributed by atoms with E-state index in [1.807, 2.05) is 97.9 Å². The third-order valence-electron chi connectivity index (χ3n) is 5.03. The number of hydrogen-bond acceptors (Lipinski definition) is 3. The van der Waals surface area contributed by atoms with Crippen LogP contribution in [0.25, 0.3) is 10.8 Å². The van der Waals surface area contributed by atoms with Crippen LogP contribution in [0.4, 0.5) is 5.69 Å². The van der Waals surface area contributed by atoms with Crippen molar-refractivity contribution in [2.24, 2.45) is 0 Å². The van der Waals surface area contributed by atoms with Gasteiger partial charge in [0.2, 0.25) is 0 Å². The Morgan fingerprint density at radius 3 is 2.23 bits per heavy atom. The van der Waals surface area contributed by atoms with Gasteiger partial charge in [-0.25, -0.2) is 0 Å². The van der Waals surface area contributed by atoms with E-state index in [1.54, 1.807) is 0 Å². The predicted molar refractivity (Wildman–Crippen MR) is 125 cm³/mol. The van der Waals surface area contributed by atoms with Gasteiger partial charge in [0.25, 0.3) is 5.91 Å². The van der Waals surface area contributed by atoms with Crippen molar-refractivity contribution >= 4 is 22.4 Å². The maximum atomic E-state index is 12.7. The van der Waals surface area contributed by atoms with Crippen molar-refractivity contribution in [2.75, 3.05) is 5.32 Å². The second kappa shape index (κ2) is 9.81. The van der Waals surface area contributed by atoms with E-state index in [0.717, 1.165) is 22.1 Å². The van der Waals surface area contributed by atoms with Gasteiger partial charge < -0.3 is 14.8 Å². The van der Waals surface area contributed by atoms with E-state index in [-0.39, 0.29) is 5.91 Å². The van der Waals surface area contributed by atoms with Crippen LogP contribution in [0, 0.1) is 0 Å². The van der Waals surface area contributed by atoms with Crippen molar-refractivity contribution in [3.63, 3.8) is 0 Å². The Hall–Kier alpha value is -3.79. The molecule has 0 radical (unpaired) electrons. The number of carbonyl (C=O) groups excluding carboxylic acids is 1. The molecule has 0 aliphatic rings. The molecular weight excluding hydrogens is 386 g/mol. The Morgan fingerprint density at radius 2 is 1.48 bits per heavy atom. The third kappa shape index (κ3) is 5.43. The van der Waals surface area contributed by atoms with E-state index in [9.17, 15) is 4.79 Å². The monoisotopic (exact) mass is 411 g/mol. The van der Waals surface area contributed by atoms with Crippen LogP contribution < -0.4 is 14.8 Å². The summed E-state index contributed by atoms with van der Waals surface area (Å²) in [5, 5.41) is 5.16. The Kier molecular flexibility index (Phi) is 6.48. The Bertz CT molecular complexity index is 1140. The normalized spacial score (nSPS) is 11.6. The highest BCUT2D eigenvalue weighted by atomic mass is 16.5. The van der Waals surface area contributed by atoms with Crippen LogP contribution >= 0.6 is 0 Å². The summed E-state index contributed by atoms with van der Waals surface area (Å²) in [6.45, 7) is 2.44. The van der Waals surface area contributed by atoms with Crippen molar-refractivity contribution in [3.8, 4) is 11.5 Å². The fraction of sp³-hybridized carbons (Fsp3) is 0.148. The van der Waals surface area contributed by atoms with Crippen LogP contribution in [0.1, 0.15) is 18.9 Å². The molecule has 0 aliphatic heterocycles. The molecule has 4 aromatic carbocycles. The Morgan fingerprint density at radius 1 is 0.806 bits per heavy atom. The molecule has 4 heteroatoms. The lowest BCUT2D eigenvalue weighted by atomic mass is 10.1. The number of carbonyl (C=O) groups is 1. The van der Waals surface area contributed by atoms with Crippen LogP contribution in [-0.4, -0.2) is 12.0 Å². The van der Waals surface area contributed by atoms with Gasteiger partial charge in [-0.15, -0.1) is 0 Å². The van der Waals surface area contributed by atoms with Gasteiger partial charge in [0.05, 0.1) is 0 Å². The maximum absolute atomic E-state index is 12.7. The van der Waals surface area contributed by atoms with Crippen LogP contribution in [0.5, 0.6) is 11.5 Å². The van der Waals surface area contributed by atoms with Crippen molar-refractivity contribution in [1.29, 1.82) is 0 Å². The van der Waals surface area contributed by atoms with Crippen molar-refractivity contribution < 1.29 is 14.3 Å². The molecule has 4 aromatic rings. The minimum atomic E-state index is -0.574. The molecule has 0 fully saturated rings. The van der Waals surface area contributed by atoms with Gasteiger partial charge in [0.15, 0.2) is 6.10 Å². The van der Waals surface area contributed by atoms with Crippen LogP contribution in [0.3, 0.4) is 0 Å². The first-order chi connectivity index (χ1) is 15.2. The number of hydrogen-bond donors (Lipinski definition) is 1. The van der Waals surface area contributed by atoms with Crippen molar-refractivity contribution in [2.45, 2.75) is 26.1 Å². The molecule has 1 atom stereocenters. The zero-order valence-electron chi connectivity index (χ0n) is 17.5. The SMILES string of the molecule is CCC(Oc1ccc2ccccc2c1)C(=O)Nc1ccc(OCc2ccccc2)cc1. The topological polar surface area (TPSA) is 47.6 Å². The summed E-state index contributed by atoms with van der Waals surface area (Å²) in [5.41, 5.74) is 1.81. The molecule has 0 aliphatic carbocycles. The fourth-order valence-electron chi connectivity index (χ4n) is 3.33. The van der Waals surface area contributed by atoms with Gasteiger partial charge in [0, 0.05) is 5.69 Å². The van der Waals surface area contributed by atoms with Gasteiger partial charge in [0.1, 0.15) is 18.1 Å². The van der Waals surface area contributed by atoms with Gasteiger partial charge in [-0.3, -0.25) is 4.79 Å². The number of amides is 1. The smallest absolute Gasteiger partial charge is 0.265 e. The highest BCUT2D eigenvalue weighted by Crippen LogP contribution is 2.23. The summed E-state index contributed by atoms with van der Waals surface area (Å²) in [7, 11) is 0. The summed E-state index contributed by atoms with van der Waals surface area (Å²) in [6, 6.07) is 31.3. The first kappa shape index (κ1) is 20.5. The highest BCUT2D eigenvalue weighted by Gasteiger charge is 2.18. The quantitative estimate of drug-likeness (QED) is 0.375. The first-order valence-corrected chi connectivity index (χ1v) is 10.4. The van der Waals surface area contributed by atoms with Gasteiger partial charge in [-0.2, -0.15) is 0 Å². The van der Waals surface area contributed by atoms with Crippen LogP contribution in [-0.2, 0) is 11.4 Å². The molecule has 1 N–H and O–H groups in total. The standard InChI is InChI=1S/C27H25NO3/c1-2-26(31-25-15-12-21-10-6-7-11-22(21)18-25)27(29)28-23-13-16-24(17-14-23)30-19-20-8-4-3-5-9-20/h3-18,26H,2,19H2,1H3,(H,28,29). The van der Waals surface area contributed by atoms with Gasteiger partial charge in [-0.1, -0.05) is 67.6 Å². The lowest BCUT2D eigenvalue weighted by molar-refractivity contribution is -0.122. The summed E-state index contributed by atoms with van der Waals surface area (Å²) in [5.74, 6) is 1.26. The average Bonchev–Trinajstić information content (AvgIpc) is 2.82. The largest absolute Gasteiger partial charge is 0.489 e. The molecular formula is C27H25NO3. The van der Waals surface area contributed by atoms with Crippen LogP contribution in [0.2, 0.25) is 0 Å². The van der Waals surface area contributed by atoms with E-state index >= 15 is 0 Å². The minimum Gasteiger partial charge on any atom is -0.489 e. The molecule has 0 bridgehead atoms. The summed E-state index contributed by atoms with van der Waals surface area (Å²) < 4.78 is 11.8. The molecule has 0 saturated heterocycles. The van der Waals surface area contributed by atoms with Crippen molar-refractivity contribution in [3.05, 3.63) is 103 Å². The molecule has 0 heterocycles. The van der Waals surface area contributed by atoms with Gasteiger partial charge >= 0.3 is 0 Å². The lowest BCUT2D eigenvalue weighted by Crippen LogP contribution is -2.32. The summed E-state index contributed by atoms with van der Waals surface area (Å²) in [4.78, 5) is 12.7. The molecule has 0 saturated carbocycles. The van der Waals surface area contributed by atoms with E-state index in [4.69, 9.17) is 9.47 Å². The zero-order chi connectivity index (χ0) is 21.5. The second-order valence-electron chi connectivity index (χ2n) is 7.31. The highest BCUT2D eigenvalue weighted by molar-refractivity contribution is 5.94. The van der Waals surface area contributed by atoms with Crippen LogP contribution in [0.15, 0.2) is 97.1 Å². The number of fused-ring (bicyclic) bond motifs is 1. The lowest BCUT2D eigenvalue weighted by Gasteiger charge is -2.18. The van der Waals surface area contributed by atoms with E-state index < -0.39 is 6.10 Å². The number of nitrogens with one attached hydrogen (secondary N) is 1.